The Labute approximate surface area is 127 Å². The van der Waals surface area contributed by atoms with E-state index in [9.17, 15) is 19.2 Å². The van der Waals surface area contributed by atoms with Gasteiger partial charge < -0.3 is 24.3 Å². The number of unbranched alkanes of at least 4 members (excludes halogenated alkanes) is 1. The summed E-state index contributed by atoms with van der Waals surface area (Å²) in [5, 5.41) is 18.8. The zero-order chi connectivity index (χ0) is 16.3. The van der Waals surface area contributed by atoms with E-state index < -0.39 is 25.5 Å². The van der Waals surface area contributed by atoms with Crippen molar-refractivity contribution < 1.29 is 33.4 Å². The highest BCUT2D eigenvalue weighted by Crippen LogP contribution is 2.36. The zero-order valence-corrected chi connectivity index (χ0v) is 12.5. The molecule has 1 aliphatic rings. The third-order valence-electron chi connectivity index (χ3n) is 3.10. The number of cyclic esters (lactones) is 1. The second-order valence-corrected chi connectivity index (χ2v) is 5.37. The summed E-state index contributed by atoms with van der Waals surface area (Å²) in [6, 6.07) is 2.84. The Morgan fingerprint density at radius 3 is 2.64 bits per heavy atom. The minimum Gasteiger partial charge on any atom is -0.493 e. The summed E-state index contributed by atoms with van der Waals surface area (Å²) in [5.74, 6) is -1.66. The maximum absolute atomic E-state index is 12.2. The molecule has 6 nitrogen and oxygen atoms in total. The van der Waals surface area contributed by atoms with Gasteiger partial charge in [0.05, 0.1) is 13.3 Å². The molecule has 0 spiro atoms. The van der Waals surface area contributed by atoms with E-state index in [-0.39, 0.29) is 29.1 Å². The van der Waals surface area contributed by atoms with E-state index in [1.54, 1.807) is 0 Å². The van der Waals surface area contributed by atoms with Crippen molar-refractivity contribution in [2.45, 2.75) is 32.5 Å². The highest BCUT2D eigenvalue weighted by molar-refractivity contribution is 6.60. The fraction of sp³-hybridized carbons (Fsp3) is 0.500. The maximum Gasteiger partial charge on any atom is 0.492 e. The van der Waals surface area contributed by atoms with Crippen molar-refractivity contribution in [2.24, 2.45) is 0 Å². The number of esters is 1. The number of carbonyl (C=O) groups excluding carboxylic acids is 1. The number of alkyl halides is 1. The lowest BCUT2D eigenvalue weighted by Gasteiger charge is -2.33. The quantitative estimate of drug-likeness (QED) is 0.459. The molecule has 0 saturated heterocycles. The van der Waals surface area contributed by atoms with Gasteiger partial charge in [-0.3, -0.25) is 4.39 Å². The Bertz CT molecular complexity index is 561. The van der Waals surface area contributed by atoms with Crippen LogP contribution in [-0.4, -0.2) is 42.2 Å². The molecule has 0 bridgehead atoms. The number of hydrogen-bond donors (Lipinski definition) is 2. The minimum atomic E-state index is -1.80. The first-order valence-electron chi connectivity index (χ1n) is 7.00. The van der Waals surface area contributed by atoms with E-state index in [1.165, 1.54) is 26.0 Å². The normalized spacial score (nSPS) is 15.6. The van der Waals surface area contributed by atoms with Crippen LogP contribution in [0.15, 0.2) is 12.1 Å². The molecule has 0 atom stereocenters. The molecule has 2 N–H and O–H groups in total. The van der Waals surface area contributed by atoms with Gasteiger partial charge >= 0.3 is 13.1 Å². The van der Waals surface area contributed by atoms with Crippen LogP contribution in [0.25, 0.3) is 0 Å². The second kappa shape index (κ2) is 6.54. The lowest BCUT2D eigenvalue weighted by atomic mass is 9.78. The number of halogens is 1. The molecule has 1 aliphatic heterocycles. The van der Waals surface area contributed by atoms with Gasteiger partial charge in [-0.1, -0.05) is 6.07 Å². The molecule has 8 heteroatoms. The third-order valence-corrected chi connectivity index (χ3v) is 3.10. The third kappa shape index (κ3) is 3.51. The Balaban J connectivity index is 2.36. The van der Waals surface area contributed by atoms with Crippen molar-refractivity contribution in [1.82, 2.24) is 0 Å². The highest BCUT2D eigenvalue weighted by Gasteiger charge is 2.39. The van der Waals surface area contributed by atoms with Gasteiger partial charge in [0, 0.05) is 19.3 Å². The largest absolute Gasteiger partial charge is 0.493 e. The maximum atomic E-state index is 12.2. The molecule has 0 radical (unpaired) electrons. The summed E-state index contributed by atoms with van der Waals surface area (Å²) in [6.07, 6.45) is 0.862. The van der Waals surface area contributed by atoms with Crippen molar-refractivity contribution in [1.29, 1.82) is 0 Å². The molecule has 0 saturated carbocycles. The van der Waals surface area contributed by atoms with E-state index in [1.807, 2.05) is 0 Å². The lowest BCUT2D eigenvalue weighted by molar-refractivity contribution is -0.127. The molecular weight excluding hydrogens is 294 g/mol. The van der Waals surface area contributed by atoms with Crippen LogP contribution in [0.3, 0.4) is 0 Å². The van der Waals surface area contributed by atoms with Crippen molar-refractivity contribution in [3.63, 3.8) is 0 Å². The summed E-state index contributed by atoms with van der Waals surface area (Å²) in [6.45, 7) is 2.87. The van der Waals surface area contributed by atoms with Gasteiger partial charge in [-0.25, -0.2) is 4.79 Å². The monoisotopic (exact) mass is 312 g/mol. The Morgan fingerprint density at radius 1 is 1.27 bits per heavy atom. The van der Waals surface area contributed by atoms with E-state index in [2.05, 4.69) is 0 Å². The van der Waals surface area contributed by atoms with Gasteiger partial charge in [0.25, 0.3) is 0 Å². The van der Waals surface area contributed by atoms with Crippen LogP contribution in [0.4, 0.5) is 4.39 Å². The average molecular weight is 312 g/mol. The molecule has 0 amide bonds. The van der Waals surface area contributed by atoms with Crippen molar-refractivity contribution in [3.8, 4) is 11.5 Å². The molecule has 0 aromatic heterocycles. The van der Waals surface area contributed by atoms with Crippen LogP contribution in [0, 0.1) is 0 Å². The van der Waals surface area contributed by atoms with Gasteiger partial charge in [-0.15, -0.1) is 0 Å². The van der Waals surface area contributed by atoms with Gasteiger partial charge in [-0.05, 0) is 18.9 Å². The molecular formula is C14H18BFO6. The molecule has 1 heterocycles. The van der Waals surface area contributed by atoms with Crippen molar-refractivity contribution in [2.75, 3.05) is 13.3 Å². The van der Waals surface area contributed by atoms with Gasteiger partial charge in [0.1, 0.15) is 17.1 Å². The van der Waals surface area contributed by atoms with Crippen LogP contribution < -0.4 is 14.9 Å². The summed E-state index contributed by atoms with van der Waals surface area (Å²) in [5.41, 5.74) is 0.0565. The molecule has 0 aliphatic carbocycles. The topological polar surface area (TPSA) is 85.2 Å². The summed E-state index contributed by atoms with van der Waals surface area (Å²) >= 11 is 0. The van der Waals surface area contributed by atoms with E-state index in [4.69, 9.17) is 14.2 Å². The number of carbonyl (C=O) groups is 1. The van der Waals surface area contributed by atoms with Crippen molar-refractivity contribution >= 4 is 18.6 Å². The van der Waals surface area contributed by atoms with Gasteiger partial charge in [0.2, 0.25) is 5.79 Å². The fourth-order valence-electron chi connectivity index (χ4n) is 2.13. The molecule has 0 fully saturated rings. The SMILES string of the molecule is CC1(C)OC(=O)c2c(OCCCCF)ccc(B(O)O)c2O1. The van der Waals surface area contributed by atoms with Crippen LogP contribution in [0.2, 0.25) is 0 Å². The molecule has 0 unspecified atom stereocenters. The van der Waals surface area contributed by atoms with Crippen molar-refractivity contribution in [3.05, 3.63) is 17.7 Å². The Morgan fingerprint density at radius 2 is 2.00 bits per heavy atom. The van der Waals surface area contributed by atoms with Crippen LogP contribution in [0.1, 0.15) is 37.0 Å². The van der Waals surface area contributed by atoms with Gasteiger partial charge in [-0.2, -0.15) is 0 Å². The van der Waals surface area contributed by atoms with Crippen LogP contribution in [-0.2, 0) is 4.74 Å². The number of rotatable bonds is 6. The van der Waals surface area contributed by atoms with E-state index in [0.29, 0.717) is 12.8 Å². The first-order chi connectivity index (χ1) is 10.4. The summed E-state index contributed by atoms with van der Waals surface area (Å²) in [7, 11) is -1.80. The molecule has 1 aromatic carbocycles. The molecule has 2 rings (SSSR count). The minimum absolute atomic E-state index is 0.00479. The molecule has 1 aromatic rings. The van der Waals surface area contributed by atoms with Gasteiger partial charge in [0.15, 0.2) is 0 Å². The van der Waals surface area contributed by atoms with E-state index in [0.717, 1.165) is 0 Å². The predicted octanol–water partition coefficient (Wildman–Crippen LogP) is 0.780. The first-order valence-corrected chi connectivity index (χ1v) is 7.00. The predicted molar refractivity (Wildman–Crippen MR) is 77.1 cm³/mol. The van der Waals surface area contributed by atoms with Crippen LogP contribution >= 0.6 is 0 Å². The summed E-state index contributed by atoms with van der Waals surface area (Å²) < 4.78 is 28.2. The number of fused-ring (bicyclic) bond motifs is 1. The zero-order valence-electron chi connectivity index (χ0n) is 12.5. The molecule has 120 valence electrons. The summed E-state index contributed by atoms with van der Waals surface area (Å²) in [4.78, 5) is 12.2. The smallest absolute Gasteiger partial charge is 0.492 e. The fourth-order valence-corrected chi connectivity index (χ4v) is 2.13. The number of ether oxygens (including phenoxy) is 3. The second-order valence-electron chi connectivity index (χ2n) is 5.37. The standard InChI is InChI=1S/C14H18BFO6/c1-14(2)21-12-9(15(18)19)5-6-10(11(12)13(17)22-14)20-8-4-3-7-16/h5-6,18-19H,3-4,7-8H2,1-2H3. The Hall–Kier alpha value is -1.80. The van der Waals surface area contributed by atoms with Crippen LogP contribution in [0.5, 0.6) is 11.5 Å². The first kappa shape index (κ1) is 16.6. The highest BCUT2D eigenvalue weighted by atomic mass is 19.1. The number of benzene rings is 1. The average Bonchev–Trinajstić information content (AvgIpc) is 2.41. The number of hydrogen-bond acceptors (Lipinski definition) is 6. The van der Waals surface area contributed by atoms with E-state index >= 15 is 0 Å². The Kier molecular flexibility index (Phi) is 4.92. The molecule has 22 heavy (non-hydrogen) atoms. The lowest BCUT2D eigenvalue weighted by Crippen LogP contribution is -2.44.